The summed E-state index contributed by atoms with van der Waals surface area (Å²) in [6.07, 6.45) is 1.80. The fourth-order valence-corrected chi connectivity index (χ4v) is 4.70. The second kappa shape index (κ2) is 11.6. The first-order chi connectivity index (χ1) is 18.2. The van der Waals surface area contributed by atoms with E-state index < -0.39 is 18.0 Å². The number of aliphatic carboxylic acids is 1. The van der Waals surface area contributed by atoms with Crippen molar-refractivity contribution in [2.45, 2.75) is 45.4 Å². The van der Waals surface area contributed by atoms with E-state index in [-0.39, 0.29) is 6.10 Å². The average molecular weight is 516 g/mol. The van der Waals surface area contributed by atoms with Gasteiger partial charge in [-0.2, -0.15) is 5.26 Å². The molecule has 0 saturated carbocycles. The van der Waals surface area contributed by atoms with Gasteiger partial charge in [0.2, 0.25) is 5.88 Å². The Morgan fingerprint density at radius 1 is 1.26 bits per heavy atom. The van der Waals surface area contributed by atoms with Crippen molar-refractivity contribution < 1.29 is 24.5 Å². The van der Waals surface area contributed by atoms with Crippen LogP contribution in [0, 0.1) is 17.2 Å². The maximum Gasteiger partial charge on any atom is 0.309 e. The van der Waals surface area contributed by atoms with Gasteiger partial charge in [-0.25, -0.2) is 4.98 Å². The Kier molecular flexibility index (Phi) is 8.30. The normalized spacial score (nSPS) is 16.2. The van der Waals surface area contributed by atoms with Crippen LogP contribution in [0.15, 0.2) is 48.7 Å². The number of nitriles is 1. The number of aromatic nitrogens is 1. The number of rotatable bonds is 9. The smallest absolute Gasteiger partial charge is 0.309 e. The summed E-state index contributed by atoms with van der Waals surface area (Å²) >= 11 is 0. The van der Waals surface area contributed by atoms with Gasteiger partial charge in [-0.1, -0.05) is 37.3 Å². The molecule has 38 heavy (non-hydrogen) atoms. The number of carbonyl (C=O) groups is 1. The van der Waals surface area contributed by atoms with Crippen LogP contribution in [-0.2, 0) is 17.8 Å². The molecule has 1 unspecified atom stereocenters. The van der Waals surface area contributed by atoms with Gasteiger partial charge in [-0.05, 0) is 67.2 Å². The van der Waals surface area contributed by atoms with Crippen molar-refractivity contribution in [1.29, 1.82) is 5.26 Å². The molecule has 1 aliphatic heterocycles. The molecule has 3 atom stereocenters. The summed E-state index contributed by atoms with van der Waals surface area (Å²) in [7, 11) is 3.60. The average Bonchev–Trinajstić information content (AvgIpc) is 2.95. The first-order valence-electron chi connectivity index (χ1n) is 12.7. The number of fused-ring (bicyclic) bond motifs is 1. The molecule has 0 spiro atoms. The van der Waals surface area contributed by atoms with E-state index in [1.165, 1.54) is 13.1 Å². The highest BCUT2D eigenvalue weighted by molar-refractivity contribution is 5.74. The lowest BCUT2D eigenvalue weighted by Crippen LogP contribution is -2.20. The molecule has 8 nitrogen and oxygen atoms in total. The zero-order valence-corrected chi connectivity index (χ0v) is 22.1. The van der Waals surface area contributed by atoms with E-state index >= 15 is 0 Å². The van der Waals surface area contributed by atoms with E-state index in [9.17, 15) is 20.3 Å². The van der Waals surface area contributed by atoms with Crippen molar-refractivity contribution in [2.24, 2.45) is 5.92 Å². The van der Waals surface area contributed by atoms with Crippen LogP contribution in [0.1, 0.15) is 60.3 Å². The number of aryl methyl sites for hydroxylation is 1. The molecule has 0 saturated heterocycles. The molecule has 1 aliphatic rings. The van der Waals surface area contributed by atoms with Gasteiger partial charge in [0.25, 0.3) is 0 Å². The summed E-state index contributed by atoms with van der Waals surface area (Å²) in [6, 6.07) is 15.7. The van der Waals surface area contributed by atoms with Crippen molar-refractivity contribution >= 4 is 5.97 Å². The van der Waals surface area contributed by atoms with Crippen LogP contribution in [0.2, 0.25) is 0 Å². The number of aliphatic hydroxyl groups excluding tert-OH is 1. The van der Waals surface area contributed by atoms with Crippen LogP contribution in [0.3, 0.4) is 0 Å². The molecule has 2 heterocycles. The third-order valence-electron chi connectivity index (χ3n) is 7.22. The summed E-state index contributed by atoms with van der Waals surface area (Å²) in [4.78, 5) is 17.7. The van der Waals surface area contributed by atoms with Crippen LogP contribution >= 0.6 is 0 Å². The maximum absolute atomic E-state index is 11.4. The molecule has 0 radical (unpaired) electrons. The highest BCUT2D eigenvalue weighted by atomic mass is 16.5. The van der Waals surface area contributed by atoms with Gasteiger partial charge in [-0.3, -0.25) is 4.79 Å². The molecule has 0 bridgehead atoms. The second-order valence-corrected chi connectivity index (χ2v) is 9.72. The van der Waals surface area contributed by atoms with Gasteiger partial charge >= 0.3 is 5.97 Å². The van der Waals surface area contributed by atoms with Crippen LogP contribution in [-0.4, -0.2) is 46.8 Å². The third kappa shape index (κ3) is 5.64. The third-order valence-corrected chi connectivity index (χ3v) is 7.22. The highest BCUT2D eigenvalue weighted by Gasteiger charge is 2.27. The lowest BCUT2D eigenvalue weighted by molar-refractivity contribution is -0.145. The Bertz CT molecular complexity index is 1370. The van der Waals surface area contributed by atoms with Crippen LogP contribution in [0.5, 0.6) is 11.6 Å². The molecular formula is C30H33N3O5. The van der Waals surface area contributed by atoms with E-state index in [1.54, 1.807) is 25.3 Å². The number of carboxylic acid groups (broad SMARTS) is 1. The van der Waals surface area contributed by atoms with E-state index in [0.29, 0.717) is 29.3 Å². The lowest BCUT2D eigenvalue weighted by atomic mass is 9.90. The summed E-state index contributed by atoms with van der Waals surface area (Å²) in [6.45, 7) is 5.13. The van der Waals surface area contributed by atoms with Crippen LogP contribution in [0.25, 0.3) is 11.1 Å². The Morgan fingerprint density at radius 3 is 2.74 bits per heavy atom. The van der Waals surface area contributed by atoms with Crippen molar-refractivity contribution in [3.8, 4) is 28.8 Å². The summed E-state index contributed by atoms with van der Waals surface area (Å²) in [5.74, 6) is -0.870. The van der Waals surface area contributed by atoms with E-state index in [1.807, 2.05) is 25.2 Å². The molecule has 8 heteroatoms. The van der Waals surface area contributed by atoms with Gasteiger partial charge in [0.1, 0.15) is 17.9 Å². The van der Waals surface area contributed by atoms with Gasteiger partial charge < -0.3 is 24.6 Å². The number of hydrogen-bond donors (Lipinski definition) is 2. The second-order valence-electron chi connectivity index (χ2n) is 9.72. The molecule has 2 aromatic carbocycles. The molecule has 0 amide bonds. The fraction of sp³-hybridized carbons (Fsp3) is 0.367. The molecular weight excluding hydrogens is 482 g/mol. The minimum absolute atomic E-state index is 0.200. The quantitative estimate of drug-likeness (QED) is 0.413. The summed E-state index contributed by atoms with van der Waals surface area (Å²) in [5.41, 5.74) is 5.82. The number of hydrogen-bond acceptors (Lipinski definition) is 7. The predicted molar refractivity (Wildman–Crippen MR) is 143 cm³/mol. The largest absolute Gasteiger partial charge is 0.485 e. The van der Waals surface area contributed by atoms with Crippen molar-refractivity contribution in [3.63, 3.8) is 0 Å². The molecule has 198 valence electrons. The van der Waals surface area contributed by atoms with Gasteiger partial charge in [-0.15, -0.1) is 0 Å². The standard InChI is InChI=1S/C30H33N3O5/c1-5-33(3)17-22-12-20(8-10-24(22)25-14-28(37-4)32-16-23(25)15-31)26-11-9-19-6-7-21(13-27(19)38-26)29(34)18(2)30(35)36/h6-8,10,12-14,16,18,26,29,34H,5,9,11,17H2,1-4H3,(H,35,36)/t18-,26?,29+/m0/s1. The monoisotopic (exact) mass is 515 g/mol. The molecule has 3 aromatic rings. The number of benzene rings is 2. The maximum atomic E-state index is 11.4. The number of aliphatic hydroxyl groups is 1. The van der Waals surface area contributed by atoms with Crippen molar-refractivity contribution in [3.05, 3.63) is 76.5 Å². The number of nitrogens with zero attached hydrogens (tertiary/aromatic N) is 3. The topological polar surface area (TPSA) is 116 Å². The van der Waals surface area contributed by atoms with Crippen LogP contribution in [0.4, 0.5) is 0 Å². The highest BCUT2D eigenvalue weighted by Crippen LogP contribution is 2.39. The number of carboxylic acids is 1. The van der Waals surface area contributed by atoms with Crippen LogP contribution < -0.4 is 9.47 Å². The van der Waals surface area contributed by atoms with Crippen molar-refractivity contribution in [2.75, 3.05) is 20.7 Å². The number of ether oxygens (including phenoxy) is 2. The minimum Gasteiger partial charge on any atom is -0.485 e. The zero-order chi connectivity index (χ0) is 27.4. The minimum atomic E-state index is -1.12. The lowest BCUT2D eigenvalue weighted by Gasteiger charge is -2.29. The Labute approximate surface area is 223 Å². The van der Waals surface area contributed by atoms with E-state index in [0.717, 1.165) is 47.2 Å². The van der Waals surface area contributed by atoms with Crippen molar-refractivity contribution in [1.82, 2.24) is 9.88 Å². The first kappa shape index (κ1) is 27.1. The Hall–Kier alpha value is -3.93. The predicted octanol–water partition coefficient (Wildman–Crippen LogP) is 4.90. The zero-order valence-electron chi connectivity index (χ0n) is 22.1. The number of pyridine rings is 1. The summed E-state index contributed by atoms with van der Waals surface area (Å²) in [5, 5.41) is 29.6. The first-order valence-corrected chi connectivity index (χ1v) is 12.7. The molecule has 0 aliphatic carbocycles. The molecule has 4 rings (SSSR count). The van der Waals surface area contributed by atoms with E-state index in [4.69, 9.17) is 9.47 Å². The molecule has 1 aromatic heterocycles. The SMILES string of the molecule is CCN(C)Cc1cc(C2CCc3ccc([C@H](O)[C@H](C)C(=O)O)cc3O2)ccc1-c1cc(OC)ncc1C#N. The summed E-state index contributed by atoms with van der Waals surface area (Å²) < 4.78 is 11.7. The van der Waals surface area contributed by atoms with Gasteiger partial charge in [0.15, 0.2) is 0 Å². The van der Waals surface area contributed by atoms with Gasteiger partial charge in [0.05, 0.1) is 24.7 Å². The van der Waals surface area contributed by atoms with E-state index in [2.05, 4.69) is 28.9 Å². The Balaban J connectivity index is 1.69. The number of methoxy groups -OCH3 is 1. The fourth-order valence-electron chi connectivity index (χ4n) is 4.70. The Morgan fingerprint density at radius 2 is 2.05 bits per heavy atom. The van der Waals surface area contributed by atoms with Gasteiger partial charge in [0, 0.05) is 24.4 Å². The molecule has 2 N–H and O–H groups in total. The molecule has 0 fully saturated rings.